The minimum absolute atomic E-state index is 0.0190. The van der Waals surface area contributed by atoms with Gasteiger partial charge in [0.1, 0.15) is 18.1 Å². The Bertz CT molecular complexity index is 1000. The number of ether oxygens (including phenoxy) is 3. The molecule has 2 aliphatic rings. The summed E-state index contributed by atoms with van der Waals surface area (Å²) in [4.78, 5) is 0. The summed E-state index contributed by atoms with van der Waals surface area (Å²) in [7, 11) is 0. The van der Waals surface area contributed by atoms with Gasteiger partial charge < -0.3 is 14.2 Å². The number of rotatable bonds is 1. The molecule has 1 unspecified atom stereocenters. The molecular weight excluding hydrogens is 368 g/mol. The van der Waals surface area contributed by atoms with Crippen molar-refractivity contribution in [2.24, 2.45) is 0 Å². The standard InChI is InChI=1S/C22H26N4O3/c1-3-9-25-16-17(15-23-25)22-19-14-18(28-13-12-27-10-4-1)7-8-20(19)26(24-22)21-6-2-5-11-29-21/h1,4,7-8,14-16,21H,2-3,5-6,9-13H2. The molecule has 0 amide bonds. The van der Waals surface area contributed by atoms with E-state index in [0.717, 1.165) is 66.7 Å². The van der Waals surface area contributed by atoms with Gasteiger partial charge in [-0.1, -0.05) is 12.2 Å². The molecule has 4 bridgehead atoms. The van der Waals surface area contributed by atoms with Gasteiger partial charge in [-0.15, -0.1) is 0 Å². The van der Waals surface area contributed by atoms with E-state index in [2.05, 4.69) is 29.5 Å². The molecule has 152 valence electrons. The van der Waals surface area contributed by atoms with Gasteiger partial charge in [0, 0.05) is 30.3 Å². The monoisotopic (exact) mass is 394 g/mol. The summed E-state index contributed by atoms with van der Waals surface area (Å²) in [6, 6.07) is 6.15. The first kappa shape index (κ1) is 18.4. The van der Waals surface area contributed by atoms with Gasteiger partial charge >= 0.3 is 0 Å². The van der Waals surface area contributed by atoms with Crippen LogP contribution in [-0.2, 0) is 16.0 Å². The van der Waals surface area contributed by atoms with Crippen molar-refractivity contribution in [2.75, 3.05) is 26.4 Å². The molecule has 1 saturated heterocycles. The Balaban J connectivity index is 1.58. The minimum atomic E-state index is -0.0190. The molecule has 1 aromatic carbocycles. The third-order valence-electron chi connectivity index (χ3n) is 5.41. The van der Waals surface area contributed by atoms with Crippen LogP contribution < -0.4 is 4.74 Å². The van der Waals surface area contributed by atoms with E-state index in [4.69, 9.17) is 19.3 Å². The Morgan fingerprint density at radius 3 is 3.00 bits per heavy atom. The van der Waals surface area contributed by atoms with Crippen LogP contribution >= 0.6 is 0 Å². The molecule has 1 atom stereocenters. The molecule has 0 aliphatic carbocycles. The molecule has 7 nitrogen and oxygen atoms in total. The van der Waals surface area contributed by atoms with Crippen molar-refractivity contribution < 1.29 is 14.2 Å². The maximum absolute atomic E-state index is 6.02. The van der Waals surface area contributed by atoms with Gasteiger partial charge in [-0.2, -0.15) is 10.2 Å². The normalized spacial score (nSPS) is 20.8. The lowest BCUT2D eigenvalue weighted by Crippen LogP contribution is -2.19. The molecule has 3 aromatic rings. The van der Waals surface area contributed by atoms with Crippen LogP contribution in [0.25, 0.3) is 22.2 Å². The fourth-order valence-electron chi connectivity index (χ4n) is 3.93. The van der Waals surface area contributed by atoms with Gasteiger partial charge in [-0.3, -0.25) is 4.68 Å². The zero-order valence-electron chi connectivity index (χ0n) is 16.5. The molecule has 4 heterocycles. The lowest BCUT2D eigenvalue weighted by molar-refractivity contribution is -0.0365. The van der Waals surface area contributed by atoms with Gasteiger partial charge in [-0.05, 0) is 43.9 Å². The van der Waals surface area contributed by atoms with E-state index in [1.807, 2.05) is 27.7 Å². The molecule has 0 saturated carbocycles. The zero-order valence-corrected chi connectivity index (χ0v) is 16.5. The highest BCUT2D eigenvalue weighted by Gasteiger charge is 2.22. The molecule has 0 spiro atoms. The summed E-state index contributed by atoms with van der Waals surface area (Å²) < 4.78 is 21.5. The summed E-state index contributed by atoms with van der Waals surface area (Å²) in [5.74, 6) is 0.821. The lowest BCUT2D eigenvalue weighted by atomic mass is 10.1. The first-order chi connectivity index (χ1) is 14.4. The van der Waals surface area contributed by atoms with E-state index < -0.39 is 0 Å². The van der Waals surface area contributed by atoms with Crippen LogP contribution in [0, 0.1) is 0 Å². The summed E-state index contributed by atoms with van der Waals surface area (Å²) in [6.07, 6.45) is 12.3. The van der Waals surface area contributed by atoms with Gasteiger partial charge in [0.2, 0.25) is 0 Å². The number of hydrogen-bond donors (Lipinski definition) is 0. The van der Waals surface area contributed by atoms with Crippen molar-refractivity contribution in [3.05, 3.63) is 42.7 Å². The lowest BCUT2D eigenvalue weighted by Gasteiger charge is -2.23. The van der Waals surface area contributed by atoms with Crippen LogP contribution in [0.15, 0.2) is 42.7 Å². The third kappa shape index (κ3) is 3.93. The Kier molecular flexibility index (Phi) is 5.32. The van der Waals surface area contributed by atoms with E-state index in [1.165, 1.54) is 0 Å². The molecule has 0 N–H and O–H groups in total. The zero-order chi connectivity index (χ0) is 19.5. The fraction of sp³-hybridized carbons (Fsp3) is 0.455. The van der Waals surface area contributed by atoms with Gasteiger partial charge in [-0.25, -0.2) is 4.68 Å². The molecule has 2 aliphatic heterocycles. The first-order valence-electron chi connectivity index (χ1n) is 10.4. The van der Waals surface area contributed by atoms with Crippen molar-refractivity contribution in [1.82, 2.24) is 19.6 Å². The number of fused-ring (bicyclic) bond motifs is 4. The quantitative estimate of drug-likeness (QED) is 0.585. The van der Waals surface area contributed by atoms with Crippen LogP contribution in [0.4, 0.5) is 0 Å². The topological polar surface area (TPSA) is 63.3 Å². The highest BCUT2D eigenvalue weighted by atomic mass is 16.5. The van der Waals surface area contributed by atoms with Crippen molar-refractivity contribution in [3.63, 3.8) is 0 Å². The summed E-state index contributed by atoms with van der Waals surface area (Å²) in [5, 5.41) is 10.6. The molecule has 7 heteroatoms. The number of nitrogens with zero attached hydrogens (tertiary/aromatic N) is 4. The van der Waals surface area contributed by atoms with E-state index in [0.29, 0.717) is 19.8 Å². The average Bonchev–Trinajstić information content (AvgIpc) is 3.37. The second kappa shape index (κ2) is 8.39. The Morgan fingerprint density at radius 2 is 2.07 bits per heavy atom. The van der Waals surface area contributed by atoms with Crippen LogP contribution in [0.3, 0.4) is 0 Å². The SMILES string of the molecule is C1=CCOCCOc2ccc3c(c2)c(nn3C2CCCCO2)-c2cnn(c2)CC1. The highest BCUT2D eigenvalue weighted by Crippen LogP contribution is 2.34. The highest BCUT2D eigenvalue weighted by molar-refractivity contribution is 5.94. The van der Waals surface area contributed by atoms with Crippen LogP contribution in [0.2, 0.25) is 0 Å². The summed E-state index contributed by atoms with van der Waals surface area (Å²) >= 11 is 0. The van der Waals surface area contributed by atoms with E-state index in [-0.39, 0.29) is 6.23 Å². The summed E-state index contributed by atoms with van der Waals surface area (Å²) in [6.45, 7) is 3.30. The maximum atomic E-state index is 6.02. The number of hydrogen-bond acceptors (Lipinski definition) is 5. The number of allylic oxidation sites excluding steroid dienone is 1. The van der Waals surface area contributed by atoms with E-state index in [1.54, 1.807) is 0 Å². The number of aryl methyl sites for hydroxylation is 1. The largest absolute Gasteiger partial charge is 0.491 e. The van der Waals surface area contributed by atoms with Gasteiger partial charge in [0.15, 0.2) is 6.23 Å². The fourth-order valence-corrected chi connectivity index (χ4v) is 3.93. The maximum Gasteiger partial charge on any atom is 0.150 e. The molecule has 2 aromatic heterocycles. The predicted molar refractivity (Wildman–Crippen MR) is 110 cm³/mol. The second-order valence-corrected chi connectivity index (χ2v) is 7.47. The van der Waals surface area contributed by atoms with Crippen molar-refractivity contribution >= 4 is 10.9 Å². The van der Waals surface area contributed by atoms with E-state index in [9.17, 15) is 0 Å². The van der Waals surface area contributed by atoms with Crippen LogP contribution in [0.5, 0.6) is 5.75 Å². The first-order valence-corrected chi connectivity index (χ1v) is 10.4. The van der Waals surface area contributed by atoms with E-state index >= 15 is 0 Å². The van der Waals surface area contributed by atoms with Crippen molar-refractivity contribution in [3.8, 4) is 17.0 Å². The molecule has 0 radical (unpaired) electrons. The molecule has 5 rings (SSSR count). The van der Waals surface area contributed by atoms with Crippen molar-refractivity contribution in [2.45, 2.75) is 38.5 Å². The Hall–Kier alpha value is -2.64. The number of benzene rings is 1. The number of aromatic nitrogens is 4. The predicted octanol–water partition coefficient (Wildman–Crippen LogP) is 3.95. The Labute approximate surface area is 169 Å². The molecule has 29 heavy (non-hydrogen) atoms. The van der Waals surface area contributed by atoms with Gasteiger partial charge in [0.05, 0.1) is 24.9 Å². The second-order valence-electron chi connectivity index (χ2n) is 7.47. The van der Waals surface area contributed by atoms with Gasteiger partial charge in [0.25, 0.3) is 0 Å². The van der Waals surface area contributed by atoms with Crippen molar-refractivity contribution in [1.29, 1.82) is 0 Å². The summed E-state index contributed by atoms with van der Waals surface area (Å²) in [5.41, 5.74) is 3.00. The van der Waals surface area contributed by atoms with Crippen LogP contribution in [-0.4, -0.2) is 46.0 Å². The Morgan fingerprint density at radius 1 is 1.07 bits per heavy atom. The van der Waals surface area contributed by atoms with Crippen LogP contribution in [0.1, 0.15) is 31.9 Å². The average molecular weight is 394 g/mol. The third-order valence-corrected chi connectivity index (χ3v) is 5.41. The minimum Gasteiger partial charge on any atom is -0.491 e. The molecular formula is C22H26N4O3. The smallest absolute Gasteiger partial charge is 0.150 e. The molecule has 1 fully saturated rings.